The van der Waals surface area contributed by atoms with Gasteiger partial charge in [0.2, 0.25) is 0 Å². The molecule has 0 saturated carbocycles. The Morgan fingerprint density at radius 1 is 1.59 bits per heavy atom. The number of likely N-dealkylation sites (tertiary alicyclic amines) is 1. The molecule has 1 atom stereocenters. The van der Waals surface area contributed by atoms with Gasteiger partial charge in [0, 0.05) is 19.3 Å². The van der Waals surface area contributed by atoms with Crippen molar-refractivity contribution in [1.29, 1.82) is 5.26 Å². The van der Waals surface area contributed by atoms with Gasteiger partial charge < -0.3 is 4.90 Å². The molecule has 1 aliphatic rings. The number of carbonyl (C=O) groups excluding carboxylic acids is 1. The second-order valence-electron chi connectivity index (χ2n) is 4.41. The highest BCUT2D eigenvalue weighted by Crippen LogP contribution is 2.20. The first-order valence-corrected chi connectivity index (χ1v) is 5.84. The molecule has 1 unspecified atom stereocenters. The van der Waals surface area contributed by atoms with Crippen molar-refractivity contribution in [2.24, 2.45) is 7.05 Å². The lowest BCUT2D eigenvalue weighted by Crippen LogP contribution is -2.43. The van der Waals surface area contributed by atoms with Crippen LogP contribution in [0.1, 0.15) is 35.3 Å². The quantitative estimate of drug-likeness (QED) is 0.732. The molecule has 2 heterocycles. The van der Waals surface area contributed by atoms with Gasteiger partial charge in [-0.05, 0) is 26.2 Å². The fraction of sp³-hybridized carbons (Fsp3) is 0.583. The number of amides is 1. The number of hydrogen-bond acceptors (Lipinski definition) is 3. The van der Waals surface area contributed by atoms with E-state index >= 15 is 0 Å². The number of carbonyl (C=O) groups is 1. The molecule has 5 heteroatoms. The third kappa shape index (κ3) is 2.03. The van der Waals surface area contributed by atoms with Crippen LogP contribution < -0.4 is 0 Å². The van der Waals surface area contributed by atoms with Crippen molar-refractivity contribution >= 4 is 5.91 Å². The molecular formula is C12H16N4O. The average Bonchev–Trinajstić information content (AvgIpc) is 2.69. The summed E-state index contributed by atoms with van der Waals surface area (Å²) in [6, 6.07) is 1.93. The zero-order chi connectivity index (χ0) is 12.4. The van der Waals surface area contributed by atoms with E-state index in [0.717, 1.165) is 25.0 Å². The van der Waals surface area contributed by atoms with Gasteiger partial charge in [-0.25, -0.2) is 0 Å². The Kier molecular flexibility index (Phi) is 3.14. The van der Waals surface area contributed by atoms with E-state index < -0.39 is 0 Å². The number of piperidine rings is 1. The van der Waals surface area contributed by atoms with Crippen molar-refractivity contribution in [3.63, 3.8) is 0 Å². The van der Waals surface area contributed by atoms with Crippen LogP contribution >= 0.6 is 0 Å². The van der Waals surface area contributed by atoms with E-state index in [4.69, 9.17) is 5.26 Å². The Morgan fingerprint density at radius 3 is 2.94 bits per heavy atom. The Balaban J connectivity index is 2.25. The molecule has 0 N–H and O–H groups in total. The maximum Gasteiger partial charge on any atom is 0.258 e. The van der Waals surface area contributed by atoms with Gasteiger partial charge in [0.15, 0.2) is 0 Å². The smallest absolute Gasteiger partial charge is 0.258 e. The van der Waals surface area contributed by atoms with Gasteiger partial charge >= 0.3 is 0 Å². The van der Waals surface area contributed by atoms with E-state index in [1.807, 2.05) is 14.0 Å². The van der Waals surface area contributed by atoms with Crippen LogP contribution in [0.5, 0.6) is 0 Å². The molecular weight excluding hydrogens is 216 g/mol. The molecule has 1 amide bonds. The molecule has 0 bridgehead atoms. The van der Waals surface area contributed by atoms with Crippen LogP contribution in [-0.4, -0.2) is 33.2 Å². The van der Waals surface area contributed by atoms with E-state index in [-0.39, 0.29) is 11.9 Å². The van der Waals surface area contributed by atoms with Crippen LogP contribution in [0.4, 0.5) is 0 Å². The van der Waals surface area contributed by atoms with Crippen molar-refractivity contribution in [3.05, 3.63) is 17.5 Å². The number of rotatable bonds is 1. The number of aryl methyl sites for hydroxylation is 1. The Hall–Kier alpha value is -1.83. The molecule has 0 spiro atoms. The summed E-state index contributed by atoms with van der Waals surface area (Å²) in [7, 11) is 1.81. The minimum Gasteiger partial charge on any atom is -0.323 e. The first-order valence-electron chi connectivity index (χ1n) is 5.84. The highest BCUT2D eigenvalue weighted by Gasteiger charge is 2.28. The Labute approximate surface area is 101 Å². The third-order valence-electron chi connectivity index (χ3n) is 3.38. The molecule has 1 saturated heterocycles. The molecule has 0 aliphatic carbocycles. The topological polar surface area (TPSA) is 61.9 Å². The summed E-state index contributed by atoms with van der Waals surface area (Å²) in [4.78, 5) is 14.0. The van der Waals surface area contributed by atoms with Gasteiger partial charge in [-0.2, -0.15) is 10.4 Å². The second-order valence-corrected chi connectivity index (χ2v) is 4.41. The van der Waals surface area contributed by atoms with Crippen LogP contribution in [0, 0.1) is 18.3 Å². The summed E-state index contributed by atoms with van der Waals surface area (Å²) in [6.45, 7) is 2.54. The van der Waals surface area contributed by atoms with Crippen LogP contribution in [-0.2, 0) is 7.05 Å². The van der Waals surface area contributed by atoms with Crippen LogP contribution in [0.15, 0.2) is 6.20 Å². The van der Waals surface area contributed by atoms with E-state index in [2.05, 4.69) is 11.2 Å². The molecule has 17 heavy (non-hydrogen) atoms. The maximum absolute atomic E-state index is 12.3. The first kappa shape index (κ1) is 11.6. The molecule has 1 aromatic rings. The van der Waals surface area contributed by atoms with Gasteiger partial charge in [0.25, 0.3) is 5.91 Å². The van der Waals surface area contributed by atoms with Gasteiger partial charge in [0.1, 0.15) is 6.04 Å². The summed E-state index contributed by atoms with van der Waals surface area (Å²) in [6.07, 6.45) is 4.36. The predicted molar refractivity (Wildman–Crippen MR) is 62.2 cm³/mol. The highest BCUT2D eigenvalue weighted by molar-refractivity contribution is 5.95. The molecule has 0 aromatic carbocycles. The van der Waals surface area contributed by atoms with Crippen LogP contribution in [0.3, 0.4) is 0 Å². The molecule has 1 aromatic heterocycles. The summed E-state index contributed by atoms with van der Waals surface area (Å²) >= 11 is 0. The molecule has 2 rings (SSSR count). The number of nitriles is 1. The summed E-state index contributed by atoms with van der Waals surface area (Å²) in [5.74, 6) is -0.0677. The maximum atomic E-state index is 12.3. The van der Waals surface area contributed by atoms with Crippen LogP contribution in [0.2, 0.25) is 0 Å². The van der Waals surface area contributed by atoms with E-state index in [1.54, 1.807) is 15.8 Å². The monoisotopic (exact) mass is 232 g/mol. The summed E-state index contributed by atoms with van der Waals surface area (Å²) in [5, 5.41) is 13.1. The first-order chi connectivity index (χ1) is 8.15. The van der Waals surface area contributed by atoms with Gasteiger partial charge in [-0.15, -0.1) is 0 Å². The van der Waals surface area contributed by atoms with E-state index in [1.165, 1.54) is 0 Å². The fourth-order valence-corrected chi connectivity index (χ4v) is 2.17. The third-order valence-corrected chi connectivity index (χ3v) is 3.38. The largest absolute Gasteiger partial charge is 0.323 e. The molecule has 0 radical (unpaired) electrons. The molecule has 5 nitrogen and oxygen atoms in total. The van der Waals surface area contributed by atoms with E-state index in [0.29, 0.717) is 12.1 Å². The number of nitrogens with zero attached hydrogens (tertiary/aromatic N) is 4. The normalized spacial score (nSPS) is 20.1. The molecule has 1 fully saturated rings. The van der Waals surface area contributed by atoms with Crippen molar-refractivity contribution in [3.8, 4) is 6.07 Å². The van der Waals surface area contributed by atoms with Gasteiger partial charge in [-0.3, -0.25) is 9.48 Å². The van der Waals surface area contributed by atoms with Gasteiger partial charge in [-0.1, -0.05) is 0 Å². The molecule has 1 aliphatic heterocycles. The standard InChI is InChI=1S/C12H16N4O/c1-9-11(8-14-15(9)2)12(17)16-6-4-3-5-10(16)7-13/h8,10H,3-6H2,1-2H3. The zero-order valence-electron chi connectivity index (χ0n) is 10.2. The molecule has 90 valence electrons. The second kappa shape index (κ2) is 4.58. The summed E-state index contributed by atoms with van der Waals surface area (Å²) < 4.78 is 1.68. The highest BCUT2D eigenvalue weighted by atomic mass is 16.2. The van der Waals surface area contributed by atoms with Gasteiger partial charge in [0.05, 0.1) is 17.8 Å². The Morgan fingerprint density at radius 2 is 2.35 bits per heavy atom. The zero-order valence-corrected chi connectivity index (χ0v) is 10.2. The van der Waals surface area contributed by atoms with E-state index in [9.17, 15) is 4.79 Å². The lowest BCUT2D eigenvalue weighted by atomic mass is 10.0. The number of hydrogen-bond donors (Lipinski definition) is 0. The minimum absolute atomic E-state index is 0.0677. The lowest BCUT2D eigenvalue weighted by molar-refractivity contribution is 0.0669. The Bertz CT molecular complexity index is 471. The minimum atomic E-state index is -0.282. The number of aromatic nitrogens is 2. The fourth-order valence-electron chi connectivity index (χ4n) is 2.17. The summed E-state index contributed by atoms with van der Waals surface area (Å²) in [5.41, 5.74) is 1.45. The van der Waals surface area contributed by atoms with Crippen molar-refractivity contribution in [1.82, 2.24) is 14.7 Å². The predicted octanol–water partition coefficient (Wildman–Crippen LogP) is 1.25. The van der Waals surface area contributed by atoms with Crippen molar-refractivity contribution in [2.45, 2.75) is 32.2 Å². The average molecular weight is 232 g/mol. The van der Waals surface area contributed by atoms with Crippen molar-refractivity contribution in [2.75, 3.05) is 6.54 Å². The van der Waals surface area contributed by atoms with Crippen LogP contribution in [0.25, 0.3) is 0 Å². The lowest BCUT2D eigenvalue weighted by Gasteiger charge is -2.31. The SMILES string of the molecule is Cc1c(C(=O)N2CCCCC2C#N)cnn1C. The van der Waals surface area contributed by atoms with Crippen molar-refractivity contribution < 1.29 is 4.79 Å².